The lowest BCUT2D eigenvalue weighted by Crippen LogP contribution is -2.40. The first-order chi connectivity index (χ1) is 28.7. The number of anilines is 3. The van der Waals surface area contributed by atoms with Gasteiger partial charge in [-0.3, -0.25) is 0 Å². The van der Waals surface area contributed by atoms with E-state index in [9.17, 15) is 0 Å². The van der Waals surface area contributed by atoms with Crippen LogP contribution >= 0.6 is 0 Å². The third kappa shape index (κ3) is 5.88. The highest BCUT2D eigenvalue weighted by Crippen LogP contribution is 2.68. The molecule has 6 nitrogen and oxygen atoms in total. The summed E-state index contributed by atoms with van der Waals surface area (Å²) < 4.78 is 6.85. The highest BCUT2D eigenvalue weighted by atomic mass is 16.5. The van der Waals surface area contributed by atoms with Crippen LogP contribution in [0.3, 0.4) is 0 Å². The van der Waals surface area contributed by atoms with Crippen LogP contribution in [0.2, 0.25) is 0 Å². The van der Waals surface area contributed by atoms with E-state index in [-0.39, 0.29) is 21.7 Å². The molecule has 0 bridgehead atoms. The minimum absolute atomic E-state index is 0.0398. The molecule has 0 N–H and O–H groups in total. The van der Waals surface area contributed by atoms with Gasteiger partial charge in [0.2, 0.25) is 0 Å². The van der Waals surface area contributed by atoms with E-state index < -0.39 is 5.41 Å². The lowest BCUT2D eigenvalue weighted by molar-refractivity contribution is 0.481. The van der Waals surface area contributed by atoms with Gasteiger partial charge in [0.15, 0.2) is 0 Å². The molecule has 1 aromatic heterocycles. The van der Waals surface area contributed by atoms with Gasteiger partial charge in [-0.25, -0.2) is 0 Å². The fraction of sp³-hybridized carbons (Fsp3) is 0.345. The Kier molecular flexibility index (Phi) is 8.26. The number of ether oxygens (including phenoxy) is 1. The molecule has 3 heterocycles. The fourth-order valence-corrected chi connectivity index (χ4v) is 10.3. The van der Waals surface area contributed by atoms with Gasteiger partial charge in [0.25, 0.3) is 0 Å². The monoisotopic (exact) mass is 805 g/mol. The number of para-hydroxylation sites is 1. The number of aromatic nitrogens is 3. The number of hydrogen-bond acceptors (Lipinski definition) is 5. The van der Waals surface area contributed by atoms with Crippen molar-refractivity contribution in [2.75, 3.05) is 23.5 Å². The van der Waals surface area contributed by atoms with Crippen molar-refractivity contribution in [2.45, 2.75) is 110 Å². The third-order valence-corrected chi connectivity index (χ3v) is 13.4. The van der Waals surface area contributed by atoms with E-state index in [0.29, 0.717) is 0 Å². The summed E-state index contributed by atoms with van der Waals surface area (Å²) >= 11 is 0. The van der Waals surface area contributed by atoms with E-state index in [4.69, 9.17) is 14.9 Å². The minimum Gasteiger partial charge on any atom is -0.457 e. The molecule has 6 aromatic carbocycles. The smallest absolute Gasteiger partial charge is 0.129 e. The second kappa shape index (κ2) is 12.8. The van der Waals surface area contributed by atoms with Crippen LogP contribution in [0, 0.1) is 0 Å². The zero-order chi connectivity index (χ0) is 43.2. The zero-order valence-corrected chi connectivity index (χ0v) is 38.2. The summed E-state index contributed by atoms with van der Waals surface area (Å²) in [5, 5.41) is 9.49. The van der Waals surface area contributed by atoms with Gasteiger partial charge < -0.3 is 14.5 Å². The Bertz CT molecular complexity index is 2830. The van der Waals surface area contributed by atoms with Crippen LogP contribution in [0.1, 0.15) is 128 Å². The molecule has 1 aliphatic carbocycles. The quantitative estimate of drug-likeness (QED) is 0.178. The van der Waals surface area contributed by atoms with E-state index in [1.807, 2.05) is 48.5 Å². The topological polar surface area (TPSA) is 46.4 Å². The van der Waals surface area contributed by atoms with Gasteiger partial charge in [-0.1, -0.05) is 144 Å². The lowest BCUT2D eigenvalue weighted by Gasteiger charge is -2.46. The first-order valence-electron chi connectivity index (χ1n) is 21.9. The van der Waals surface area contributed by atoms with E-state index in [0.717, 1.165) is 34.9 Å². The van der Waals surface area contributed by atoms with Crippen molar-refractivity contribution in [3.8, 4) is 28.3 Å². The molecule has 3 aliphatic rings. The van der Waals surface area contributed by atoms with E-state index in [2.05, 4.69) is 161 Å². The molecule has 0 saturated heterocycles. The Hall–Kier alpha value is -5.88. The predicted octanol–water partition coefficient (Wildman–Crippen LogP) is 13.6. The number of benzene rings is 6. The van der Waals surface area contributed by atoms with Gasteiger partial charge in [-0.2, -0.15) is 4.80 Å². The van der Waals surface area contributed by atoms with E-state index in [1.54, 1.807) is 4.80 Å². The van der Waals surface area contributed by atoms with Crippen molar-refractivity contribution >= 4 is 28.1 Å². The van der Waals surface area contributed by atoms with Crippen molar-refractivity contribution < 1.29 is 4.74 Å². The summed E-state index contributed by atoms with van der Waals surface area (Å²) in [5.41, 5.74) is 19.1. The van der Waals surface area contributed by atoms with Crippen LogP contribution in [-0.4, -0.2) is 28.7 Å². The van der Waals surface area contributed by atoms with Crippen molar-refractivity contribution in [3.05, 3.63) is 154 Å². The van der Waals surface area contributed by atoms with Crippen molar-refractivity contribution in [1.29, 1.82) is 0 Å². The molecule has 7 aromatic rings. The van der Waals surface area contributed by atoms with Gasteiger partial charge in [0.05, 0.1) is 34.8 Å². The number of hydrogen-bond donors (Lipinski definition) is 0. The van der Waals surface area contributed by atoms with Gasteiger partial charge in [-0.05, 0) is 114 Å². The van der Waals surface area contributed by atoms with Crippen LogP contribution in [0.25, 0.3) is 27.8 Å². The molecule has 0 atom stereocenters. The summed E-state index contributed by atoms with van der Waals surface area (Å²) in [6, 6.07) is 40.1. The molecule has 310 valence electrons. The van der Waals surface area contributed by atoms with Gasteiger partial charge in [0.1, 0.15) is 22.5 Å². The van der Waals surface area contributed by atoms with Crippen LogP contribution in [0.4, 0.5) is 17.1 Å². The van der Waals surface area contributed by atoms with Gasteiger partial charge in [0, 0.05) is 19.2 Å². The molecule has 2 aliphatic heterocycles. The number of nitrogens with zero attached hydrogens (tertiary/aromatic N) is 5. The molecule has 6 heteroatoms. The standard InChI is InChI=1S/C55H59N5O/c1-51(2,3)33-26-38-39-27-34(52(4,5)6)29-43(54(10,11)12)49(39)55(48(38)42(28-33)53(7,8)9)40-25-24-37(31-47(40)59-32-58(13)46-23-17-20-41(55)50(46)59)61-36-19-16-18-35(30-36)60-56-44-21-14-15-22-45(44)57-60/h14-31H,32H2,1-13H3. The summed E-state index contributed by atoms with van der Waals surface area (Å²) in [6.45, 7) is 29.3. The number of rotatable bonds is 3. The minimum atomic E-state index is -0.600. The molecule has 0 amide bonds. The highest BCUT2D eigenvalue weighted by Gasteiger charge is 2.57. The Morgan fingerprint density at radius 1 is 0.525 bits per heavy atom. The highest BCUT2D eigenvalue weighted by molar-refractivity contribution is 6.00. The summed E-state index contributed by atoms with van der Waals surface area (Å²) in [6.07, 6.45) is 0. The average molecular weight is 806 g/mol. The summed E-state index contributed by atoms with van der Waals surface area (Å²) in [4.78, 5) is 6.63. The number of fused-ring (bicyclic) bond motifs is 10. The maximum absolute atomic E-state index is 6.85. The summed E-state index contributed by atoms with van der Waals surface area (Å²) in [7, 11) is 2.22. The second-order valence-electron chi connectivity index (χ2n) is 21.8. The van der Waals surface area contributed by atoms with Crippen LogP contribution < -0.4 is 14.5 Å². The predicted molar refractivity (Wildman–Crippen MR) is 253 cm³/mol. The maximum Gasteiger partial charge on any atom is 0.129 e. The first kappa shape index (κ1) is 39.3. The fourth-order valence-electron chi connectivity index (χ4n) is 10.3. The molecule has 0 unspecified atom stereocenters. The van der Waals surface area contributed by atoms with Crippen molar-refractivity contribution in [3.63, 3.8) is 0 Å². The van der Waals surface area contributed by atoms with Gasteiger partial charge >= 0.3 is 0 Å². The molecule has 10 rings (SSSR count). The molecule has 1 spiro atoms. The zero-order valence-electron chi connectivity index (χ0n) is 38.2. The van der Waals surface area contributed by atoms with Gasteiger partial charge in [-0.15, -0.1) is 10.2 Å². The SMILES string of the molecule is CN1CN2c3cc(Oc4cccc(-n5nc6ccccc6n5)c4)ccc3C3(c4cccc1c42)c1c(cc(C(C)(C)C)cc1C(C)(C)C)-c1cc(C(C)(C)C)cc(C(C)(C)C)c13. The van der Waals surface area contributed by atoms with Crippen LogP contribution in [0.5, 0.6) is 11.5 Å². The second-order valence-corrected chi connectivity index (χ2v) is 21.8. The molecule has 61 heavy (non-hydrogen) atoms. The van der Waals surface area contributed by atoms with Crippen LogP contribution in [0.15, 0.2) is 109 Å². The first-order valence-corrected chi connectivity index (χ1v) is 21.9. The Balaban J connectivity index is 1.28. The third-order valence-electron chi connectivity index (χ3n) is 13.4. The van der Waals surface area contributed by atoms with Crippen molar-refractivity contribution in [2.24, 2.45) is 0 Å². The van der Waals surface area contributed by atoms with E-state index >= 15 is 0 Å². The molecule has 0 radical (unpaired) electrons. The molecular weight excluding hydrogens is 747 g/mol. The molecule has 0 fully saturated rings. The van der Waals surface area contributed by atoms with E-state index in [1.165, 1.54) is 72.7 Å². The van der Waals surface area contributed by atoms with Crippen molar-refractivity contribution in [1.82, 2.24) is 15.0 Å². The molecule has 0 saturated carbocycles. The Labute approximate surface area is 362 Å². The Morgan fingerprint density at radius 2 is 1.08 bits per heavy atom. The maximum atomic E-state index is 6.85. The van der Waals surface area contributed by atoms with Crippen LogP contribution in [-0.2, 0) is 27.1 Å². The Morgan fingerprint density at radius 3 is 1.64 bits per heavy atom. The normalized spacial score (nSPS) is 15.3. The summed E-state index contributed by atoms with van der Waals surface area (Å²) in [5.74, 6) is 1.52. The average Bonchev–Trinajstić information content (AvgIpc) is 3.86. The lowest BCUT2D eigenvalue weighted by atomic mass is 9.59. The molecular formula is C55H59N5O. The largest absolute Gasteiger partial charge is 0.457 e.